The highest BCUT2D eigenvalue weighted by Crippen LogP contribution is 2.38. The number of nitrogens with zero attached hydrogens (tertiary/aromatic N) is 2. The van der Waals surface area contributed by atoms with Crippen LogP contribution in [0, 0.1) is 3.57 Å². The summed E-state index contributed by atoms with van der Waals surface area (Å²) in [6, 6.07) is 0. The topological polar surface area (TPSA) is 177 Å². The number of anilines is 1. The second-order valence-corrected chi connectivity index (χ2v) is 6.90. The first-order valence-corrected chi connectivity index (χ1v) is 8.47. The molecule has 0 aromatic carbocycles. The second-order valence-electron chi connectivity index (χ2n) is 4.50. The van der Waals surface area contributed by atoms with Crippen molar-refractivity contribution in [1.82, 2.24) is 9.55 Å². The van der Waals surface area contributed by atoms with Crippen LogP contribution in [0.25, 0.3) is 0 Å². The van der Waals surface area contributed by atoms with E-state index in [2.05, 4.69) is 9.51 Å². The molecule has 0 saturated carbocycles. The summed E-state index contributed by atoms with van der Waals surface area (Å²) in [6.07, 6.45) is -4.23. The van der Waals surface area contributed by atoms with Gasteiger partial charge >= 0.3 is 13.5 Å². The molecule has 1 aromatic heterocycles. The van der Waals surface area contributed by atoms with Gasteiger partial charge in [0.1, 0.15) is 24.1 Å². The Morgan fingerprint density at radius 1 is 1.45 bits per heavy atom. The SMILES string of the molecule is Nc1nc(=O)n(C2O[C@H](COP(=O)(O)O)[C@@H](O)[C@H]2O)cc1I. The Balaban J connectivity index is 2.22. The van der Waals surface area contributed by atoms with E-state index >= 15 is 0 Å². The molecule has 0 bridgehead atoms. The number of aliphatic hydroxyl groups is 2. The number of halogens is 1. The molecule has 13 heteroatoms. The third-order valence-corrected chi connectivity index (χ3v) is 4.27. The van der Waals surface area contributed by atoms with Gasteiger partial charge in [-0.25, -0.2) is 9.36 Å². The molecule has 4 atom stereocenters. The van der Waals surface area contributed by atoms with E-state index in [1.165, 1.54) is 6.20 Å². The van der Waals surface area contributed by atoms with Crippen LogP contribution in [0.2, 0.25) is 0 Å². The number of hydrogen-bond donors (Lipinski definition) is 5. The second kappa shape index (κ2) is 6.49. The normalized spacial score (nSPS) is 29.0. The molecule has 0 aliphatic carbocycles. The fourth-order valence-electron chi connectivity index (χ4n) is 1.91. The molecule has 2 heterocycles. The first-order valence-electron chi connectivity index (χ1n) is 5.86. The largest absolute Gasteiger partial charge is 0.469 e. The highest BCUT2D eigenvalue weighted by atomic mass is 127. The van der Waals surface area contributed by atoms with Crippen LogP contribution < -0.4 is 11.4 Å². The van der Waals surface area contributed by atoms with E-state index in [9.17, 15) is 19.6 Å². The van der Waals surface area contributed by atoms with E-state index in [1.807, 2.05) is 22.6 Å². The van der Waals surface area contributed by atoms with Crippen LogP contribution in [0.3, 0.4) is 0 Å². The number of nitrogen functional groups attached to an aromatic ring is 1. The fourth-order valence-corrected chi connectivity index (χ4v) is 2.67. The zero-order chi connectivity index (χ0) is 16.7. The van der Waals surface area contributed by atoms with Gasteiger partial charge in [-0.05, 0) is 22.6 Å². The van der Waals surface area contributed by atoms with Gasteiger partial charge in [0.15, 0.2) is 6.23 Å². The molecule has 1 unspecified atom stereocenters. The van der Waals surface area contributed by atoms with Gasteiger partial charge < -0.3 is 30.5 Å². The van der Waals surface area contributed by atoms with Crippen molar-refractivity contribution in [3.63, 3.8) is 0 Å². The Hall–Kier alpha value is -0.600. The predicted octanol–water partition coefficient (Wildman–Crippen LogP) is -1.84. The maximum atomic E-state index is 11.8. The van der Waals surface area contributed by atoms with Crippen LogP contribution >= 0.6 is 30.4 Å². The van der Waals surface area contributed by atoms with Crippen LogP contribution in [0.15, 0.2) is 11.0 Å². The van der Waals surface area contributed by atoms with Crippen molar-refractivity contribution in [2.45, 2.75) is 24.5 Å². The van der Waals surface area contributed by atoms with Gasteiger partial charge in [-0.15, -0.1) is 0 Å². The fraction of sp³-hybridized carbons (Fsp3) is 0.556. The van der Waals surface area contributed by atoms with Crippen molar-refractivity contribution in [1.29, 1.82) is 0 Å². The van der Waals surface area contributed by atoms with Gasteiger partial charge in [-0.1, -0.05) is 0 Å². The van der Waals surface area contributed by atoms with Gasteiger partial charge in [-0.2, -0.15) is 4.98 Å². The van der Waals surface area contributed by atoms with Gasteiger partial charge in [-0.3, -0.25) is 9.09 Å². The molecular weight excluding hydrogens is 436 g/mol. The van der Waals surface area contributed by atoms with Gasteiger partial charge in [0.2, 0.25) is 0 Å². The van der Waals surface area contributed by atoms with Crippen molar-refractivity contribution in [2.75, 3.05) is 12.3 Å². The summed E-state index contributed by atoms with van der Waals surface area (Å²) in [4.78, 5) is 32.6. The van der Waals surface area contributed by atoms with Crippen molar-refractivity contribution < 1.29 is 33.8 Å². The Kier molecular flexibility index (Phi) is 5.23. The quantitative estimate of drug-likeness (QED) is 0.259. The molecule has 1 aliphatic heterocycles. The summed E-state index contributed by atoms with van der Waals surface area (Å²) < 4.78 is 21.5. The molecule has 11 nitrogen and oxygen atoms in total. The molecule has 1 aliphatic rings. The lowest BCUT2D eigenvalue weighted by atomic mass is 10.1. The van der Waals surface area contributed by atoms with E-state index in [0.717, 1.165) is 4.57 Å². The van der Waals surface area contributed by atoms with Gasteiger partial charge in [0.25, 0.3) is 0 Å². The standard InChI is InChI=1S/C9H13IN3O8P/c10-3-1-13(9(16)12-7(3)11)8-6(15)5(14)4(21-8)2-20-22(17,18)19/h1,4-6,8,14-15H,2H2,(H2,11,12,16)(H2,17,18,19)/t4-,5-,6-,8?/m1/s1. The van der Waals surface area contributed by atoms with E-state index in [-0.39, 0.29) is 5.82 Å². The lowest BCUT2D eigenvalue weighted by molar-refractivity contribution is -0.0543. The zero-order valence-electron chi connectivity index (χ0n) is 10.8. The van der Waals surface area contributed by atoms with E-state index in [4.69, 9.17) is 20.3 Å². The smallest absolute Gasteiger partial charge is 0.387 e. The minimum atomic E-state index is -4.75. The minimum absolute atomic E-state index is 0.0104. The molecule has 0 radical (unpaired) electrons. The van der Waals surface area contributed by atoms with Crippen molar-refractivity contribution >= 4 is 36.2 Å². The molecule has 1 aromatic rings. The number of phosphoric acid groups is 1. The molecule has 6 N–H and O–H groups in total. The predicted molar refractivity (Wildman–Crippen MR) is 79.5 cm³/mol. The zero-order valence-corrected chi connectivity index (χ0v) is 13.9. The molecule has 1 fully saturated rings. The van der Waals surface area contributed by atoms with E-state index < -0.39 is 44.7 Å². The average molecular weight is 449 g/mol. The van der Waals surface area contributed by atoms with Crippen molar-refractivity contribution in [2.24, 2.45) is 0 Å². The Bertz CT molecular complexity index is 663. The van der Waals surface area contributed by atoms with Crippen molar-refractivity contribution in [3.8, 4) is 0 Å². The van der Waals surface area contributed by atoms with E-state index in [1.54, 1.807) is 0 Å². The molecule has 124 valence electrons. The van der Waals surface area contributed by atoms with Crippen LogP contribution in [0.1, 0.15) is 6.23 Å². The first kappa shape index (κ1) is 17.7. The maximum absolute atomic E-state index is 11.8. The number of nitrogens with two attached hydrogens (primary N) is 1. The molecule has 2 rings (SSSR count). The third-order valence-electron chi connectivity index (χ3n) is 2.95. The van der Waals surface area contributed by atoms with Crippen LogP contribution in [-0.4, -0.2) is 54.5 Å². The Morgan fingerprint density at radius 2 is 2.09 bits per heavy atom. The summed E-state index contributed by atoms with van der Waals surface area (Å²) >= 11 is 1.82. The molecule has 22 heavy (non-hydrogen) atoms. The highest BCUT2D eigenvalue weighted by molar-refractivity contribution is 14.1. The summed E-state index contributed by atoms with van der Waals surface area (Å²) in [6.45, 7) is -0.659. The monoisotopic (exact) mass is 449 g/mol. The number of ether oxygens (including phenoxy) is 1. The maximum Gasteiger partial charge on any atom is 0.469 e. The number of aromatic nitrogens is 2. The summed E-state index contributed by atoms with van der Waals surface area (Å²) in [5.41, 5.74) is 4.68. The van der Waals surface area contributed by atoms with Crippen LogP contribution in [0.4, 0.5) is 5.82 Å². The number of hydrogen-bond acceptors (Lipinski definition) is 8. The molecule has 0 spiro atoms. The van der Waals surface area contributed by atoms with Gasteiger partial charge in [0.05, 0.1) is 10.2 Å². The summed E-state index contributed by atoms with van der Waals surface area (Å²) in [7, 11) is -4.75. The van der Waals surface area contributed by atoms with Crippen LogP contribution in [0.5, 0.6) is 0 Å². The Labute approximate surface area is 137 Å². The Morgan fingerprint density at radius 3 is 2.68 bits per heavy atom. The number of phosphoric ester groups is 1. The lowest BCUT2D eigenvalue weighted by Gasteiger charge is -2.17. The van der Waals surface area contributed by atoms with Crippen LogP contribution in [-0.2, 0) is 13.8 Å². The average Bonchev–Trinajstić information content (AvgIpc) is 2.68. The summed E-state index contributed by atoms with van der Waals surface area (Å²) in [5, 5.41) is 19.8. The number of rotatable bonds is 4. The molecular formula is C9H13IN3O8P. The summed E-state index contributed by atoms with van der Waals surface area (Å²) in [5.74, 6) is 0.0104. The highest BCUT2D eigenvalue weighted by Gasteiger charge is 2.45. The molecule has 0 amide bonds. The molecule has 1 saturated heterocycles. The van der Waals surface area contributed by atoms with Crippen molar-refractivity contribution in [3.05, 3.63) is 20.3 Å². The minimum Gasteiger partial charge on any atom is -0.387 e. The number of aliphatic hydroxyl groups excluding tert-OH is 2. The first-order chi connectivity index (χ1) is 10.1. The third kappa shape index (κ3) is 3.83. The van der Waals surface area contributed by atoms with E-state index in [0.29, 0.717) is 3.57 Å². The lowest BCUT2D eigenvalue weighted by Crippen LogP contribution is -2.36. The van der Waals surface area contributed by atoms with Gasteiger partial charge in [0, 0.05) is 6.20 Å².